The average Bonchev–Trinajstić information content (AvgIpc) is 3.04. The summed E-state index contributed by atoms with van der Waals surface area (Å²) in [6.45, 7) is 6.93. The van der Waals surface area contributed by atoms with E-state index in [9.17, 15) is 0 Å². The molecule has 0 unspecified atom stereocenters. The summed E-state index contributed by atoms with van der Waals surface area (Å²) < 4.78 is 0. The number of aromatic nitrogens is 2. The predicted molar refractivity (Wildman–Crippen MR) is 92.6 cm³/mol. The third kappa shape index (κ3) is 2.72. The molecule has 2 fully saturated rings. The number of hydrogen-bond acceptors (Lipinski definition) is 5. The molecule has 4 nitrogen and oxygen atoms in total. The molecule has 0 bridgehead atoms. The van der Waals surface area contributed by atoms with E-state index in [-0.39, 0.29) is 0 Å². The molecule has 1 saturated heterocycles. The maximum atomic E-state index is 4.55. The standard InChI is InChI=1S/C17H24N4S/c1-13-2-4-14(5-3-13)20-7-9-21(10-8-20)16-15-6-11-22-17(15)19-12-18-16/h6,11-14H,2-5,7-10H2,1H3. The first-order chi connectivity index (χ1) is 10.8. The highest BCUT2D eigenvalue weighted by atomic mass is 32.1. The third-order valence-electron chi connectivity index (χ3n) is 5.36. The molecule has 5 heteroatoms. The Morgan fingerprint density at radius 3 is 2.59 bits per heavy atom. The topological polar surface area (TPSA) is 32.3 Å². The molecule has 0 atom stereocenters. The summed E-state index contributed by atoms with van der Waals surface area (Å²) in [5.41, 5.74) is 0. The van der Waals surface area contributed by atoms with Crippen molar-refractivity contribution in [3.63, 3.8) is 0 Å². The SMILES string of the molecule is CC1CCC(N2CCN(c3ncnc4sccc34)CC2)CC1. The number of hydrogen-bond donors (Lipinski definition) is 0. The van der Waals surface area contributed by atoms with E-state index in [1.807, 2.05) is 0 Å². The number of anilines is 1. The van der Waals surface area contributed by atoms with Crippen molar-refractivity contribution in [2.75, 3.05) is 31.1 Å². The van der Waals surface area contributed by atoms with E-state index >= 15 is 0 Å². The fourth-order valence-electron chi connectivity index (χ4n) is 3.94. The normalized spacial score (nSPS) is 27.4. The molecular weight excluding hydrogens is 292 g/mol. The zero-order valence-corrected chi connectivity index (χ0v) is 14.1. The van der Waals surface area contributed by atoms with Gasteiger partial charge in [-0.3, -0.25) is 4.90 Å². The first-order valence-electron chi connectivity index (χ1n) is 8.48. The lowest BCUT2D eigenvalue weighted by molar-refractivity contribution is 0.132. The van der Waals surface area contributed by atoms with Gasteiger partial charge in [-0.25, -0.2) is 9.97 Å². The fourth-order valence-corrected chi connectivity index (χ4v) is 4.66. The Morgan fingerprint density at radius 2 is 1.82 bits per heavy atom. The first-order valence-corrected chi connectivity index (χ1v) is 9.36. The first kappa shape index (κ1) is 14.4. The Kier molecular flexibility index (Phi) is 4.01. The molecule has 0 radical (unpaired) electrons. The average molecular weight is 316 g/mol. The Morgan fingerprint density at radius 1 is 1.05 bits per heavy atom. The monoisotopic (exact) mass is 316 g/mol. The second kappa shape index (κ2) is 6.13. The summed E-state index contributed by atoms with van der Waals surface area (Å²) in [7, 11) is 0. The van der Waals surface area contributed by atoms with Crippen molar-refractivity contribution in [3.8, 4) is 0 Å². The second-order valence-corrected chi connectivity index (χ2v) is 7.67. The summed E-state index contributed by atoms with van der Waals surface area (Å²) in [6.07, 6.45) is 7.31. The van der Waals surface area contributed by atoms with E-state index in [1.54, 1.807) is 17.7 Å². The predicted octanol–water partition coefficient (Wildman–Crippen LogP) is 3.39. The largest absolute Gasteiger partial charge is 0.353 e. The van der Waals surface area contributed by atoms with Gasteiger partial charge < -0.3 is 4.90 Å². The van der Waals surface area contributed by atoms with Crippen LogP contribution in [0.25, 0.3) is 10.2 Å². The molecule has 1 saturated carbocycles. The van der Waals surface area contributed by atoms with Gasteiger partial charge in [0, 0.05) is 32.2 Å². The van der Waals surface area contributed by atoms with Crippen LogP contribution in [0.3, 0.4) is 0 Å². The van der Waals surface area contributed by atoms with Crippen molar-refractivity contribution in [3.05, 3.63) is 17.8 Å². The molecule has 2 aromatic heterocycles. The molecular formula is C17H24N4S. The Balaban J connectivity index is 1.42. The molecule has 1 aliphatic heterocycles. The van der Waals surface area contributed by atoms with E-state index in [0.717, 1.165) is 35.7 Å². The minimum Gasteiger partial charge on any atom is -0.353 e. The van der Waals surface area contributed by atoms with Crippen LogP contribution in [0.1, 0.15) is 32.6 Å². The highest BCUT2D eigenvalue weighted by Crippen LogP contribution is 2.30. The zero-order valence-electron chi connectivity index (χ0n) is 13.2. The molecule has 118 valence electrons. The Labute approximate surface area is 136 Å². The number of piperazine rings is 1. The highest BCUT2D eigenvalue weighted by molar-refractivity contribution is 7.16. The summed E-state index contributed by atoms with van der Waals surface area (Å²) in [4.78, 5) is 15.2. The van der Waals surface area contributed by atoms with Crippen LogP contribution in [0.2, 0.25) is 0 Å². The molecule has 0 aromatic carbocycles. The molecule has 2 aliphatic rings. The minimum absolute atomic E-state index is 0.824. The van der Waals surface area contributed by atoms with Crippen molar-refractivity contribution in [1.29, 1.82) is 0 Å². The lowest BCUT2D eigenvalue weighted by atomic mass is 9.86. The van der Waals surface area contributed by atoms with Crippen LogP contribution < -0.4 is 4.90 Å². The van der Waals surface area contributed by atoms with Crippen LogP contribution in [0.4, 0.5) is 5.82 Å². The van der Waals surface area contributed by atoms with Gasteiger partial charge in [0.05, 0.1) is 5.39 Å². The van der Waals surface area contributed by atoms with Gasteiger partial charge in [0.2, 0.25) is 0 Å². The second-order valence-electron chi connectivity index (χ2n) is 6.77. The maximum absolute atomic E-state index is 4.55. The molecule has 0 N–H and O–H groups in total. The Hall–Kier alpha value is -1.20. The summed E-state index contributed by atoms with van der Waals surface area (Å²) in [5.74, 6) is 2.06. The quantitative estimate of drug-likeness (QED) is 0.850. The van der Waals surface area contributed by atoms with Crippen molar-refractivity contribution in [2.24, 2.45) is 5.92 Å². The van der Waals surface area contributed by atoms with Gasteiger partial charge in [0.25, 0.3) is 0 Å². The van der Waals surface area contributed by atoms with Crippen LogP contribution in [-0.4, -0.2) is 47.1 Å². The summed E-state index contributed by atoms with van der Waals surface area (Å²) in [6, 6.07) is 2.98. The number of thiophene rings is 1. The molecule has 4 rings (SSSR count). The number of fused-ring (bicyclic) bond motifs is 1. The zero-order chi connectivity index (χ0) is 14.9. The smallest absolute Gasteiger partial charge is 0.140 e. The lowest BCUT2D eigenvalue weighted by Gasteiger charge is -2.42. The van der Waals surface area contributed by atoms with Gasteiger partial charge in [-0.15, -0.1) is 11.3 Å². The molecule has 2 aromatic rings. The lowest BCUT2D eigenvalue weighted by Crippen LogP contribution is -2.51. The van der Waals surface area contributed by atoms with Crippen molar-refractivity contribution in [1.82, 2.24) is 14.9 Å². The maximum Gasteiger partial charge on any atom is 0.140 e. The minimum atomic E-state index is 0.824. The van der Waals surface area contributed by atoms with E-state index in [4.69, 9.17) is 0 Å². The third-order valence-corrected chi connectivity index (χ3v) is 6.18. The van der Waals surface area contributed by atoms with E-state index in [1.165, 1.54) is 44.2 Å². The van der Waals surface area contributed by atoms with Crippen molar-refractivity contribution >= 4 is 27.4 Å². The molecule has 3 heterocycles. The van der Waals surface area contributed by atoms with Gasteiger partial charge in [-0.2, -0.15) is 0 Å². The van der Waals surface area contributed by atoms with Crippen LogP contribution in [0.15, 0.2) is 17.8 Å². The molecule has 1 aliphatic carbocycles. The molecule has 0 spiro atoms. The van der Waals surface area contributed by atoms with Gasteiger partial charge in [0.15, 0.2) is 0 Å². The van der Waals surface area contributed by atoms with Gasteiger partial charge in [-0.05, 0) is 43.0 Å². The van der Waals surface area contributed by atoms with E-state index in [2.05, 4.69) is 38.1 Å². The fraction of sp³-hybridized carbons (Fsp3) is 0.647. The van der Waals surface area contributed by atoms with Crippen LogP contribution >= 0.6 is 11.3 Å². The van der Waals surface area contributed by atoms with Crippen molar-refractivity contribution in [2.45, 2.75) is 38.6 Å². The summed E-state index contributed by atoms with van der Waals surface area (Å²) in [5, 5.41) is 3.33. The van der Waals surface area contributed by atoms with Gasteiger partial charge in [0.1, 0.15) is 17.0 Å². The van der Waals surface area contributed by atoms with E-state index in [0.29, 0.717) is 0 Å². The summed E-state index contributed by atoms with van der Waals surface area (Å²) >= 11 is 1.70. The highest BCUT2D eigenvalue weighted by Gasteiger charge is 2.27. The van der Waals surface area contributed by atoms with Gasteiger partial charge in [-0.1, -0.05) is 6.92 Å². The Bertz CT molecular complexity index is 624. The number of nitrogens with zero attached hydrogens (tertiary/aromatic N) is 4. The van der Waals surface area contributed by atoms with E-state index < -0.39 is 0 Å². The van der Waals surface area contributed by atoms with Crippen LogP contribution in [-0.2, 0) is 0 Å². The molecule has 0 amide bonds. The van der Waals surface area contributed by atoms with Crippen LogP contribution in [0.5, 0.6) is 0 Å². The molecule has 22 heavy (non-hydrogen) atoms. The van der Waals surface area contributed by atoms with Crippen LogP contribution in [0, 0.1) is 5.92 Å². The van der Waals surface area contributed by atoms with Gasteiger partial charge >= 0.3 is 0 Å². The van der Waals surface area contributed by atoms with Crippen molar-refractivity contribution < 1.29 is 0 Å². The number of rotatable bonds is 2.